The van der Waals surface area contributed by atoms with Crippen LogP contribution in [0.5, 0.6) is 5.75 Å². The average Bonchev–Trinajstić information content (AvgIpc) is 3.12. The Morgan fingerprint density at radius 2 is 1.94 bits per heavy atom. The normalized spacial score (nSPS) is 17.6. The molecular weight excluding hydrogens is 434 g/mol. The Morgan fingerprint density at radius 1 is 1.24 bits per heavy atom. The molecule has 2 heterocycles. The van der Waals surface area contributed by atoms with Gasteiger partial charge in [-0.1, -0.05) is 44.2 Å². The predicted octanol–water partition coefficient (Wildman–Crippen LogP) is 4.74. The second-order valence-electron chi connectivity index (χ2n) is 8.19. The molecule has 2 aromatic rings. The third kappa shape index (κ3) is 4.59. The van der Waals surface area contributed by atoms with Gasteiger partial charge in [0.15, 0.2) is 5.17 Å². The van der Waals surface area contributed by atoms with Gasteiger partial charge in [0.05, 0.1) is 23.9 Å². The van der Waals surface area contributed by atoms with Crippen LogP contribution in [-0.2, 0) is 4.79 Å². The summed E-state index contributed by atoms with van der Waals surface area (Å²) in [5.41, 5.74) is 8.93. The first kappa shape index (κ1) is 22.5. The summed E-state index contributed by atoms with van der Waals surface area (Å²) in [6.07, 6.45) is 0. The van der Waals surface area contributed by atoms with Crippen molar-refractivity contribution in [3.8, 4) is 11.8 Å². The van der Waals surface area contributed by atoms with E-state index >= 15 is 0 Å². The molecule has 4 rings (SSSR count). The number of rotatable bonds is 6. The molecule has 0 spiro atoms. The molecule has 33 heavy (non-hydrogen) atoms. The van der Waals surface area contributed by atoms with Crippen LogP contribution in [0.2, 0.25) is 0 Å². The number of nitrogens with one attached hydrogen (secondary N) is 1. The molecule has 0 radical (unpaired) electrons. The lowest BCUT2D eigenvalue weighted by Crippen LogP contribution is -2.39. The lowest BCUT2D eigenvalue weighted by molar-refractivity contribution is -0.113. The third-order valence-electron chi connectivity index (χ3n) is 5.23. The number of nitriles is 1. The van der Waals surface area contributed by atoms with Crippen LogP contribution in [-0.4, -0.2) is 22.6 Å². The maximum atomic E-state index is 13.4. The van der Waals surface area contributed by atoms with Gasteiger partial charge in [-0.15, -0.1) is 0 Å². The highest BCUT2D eigenvalue weighted by Gasteiger charge is 2.42. The van der Waals surface area contributed by atoms with Crippen LogP contribution in [0.3, 0.4) is 0 Å². The minimum absolute atomic E-state index is 0.269. The Bertz CT molecular complexity index is 1190. The molecule has 0 aliphatic carbocycles. The topological polar surface area (TPSA) is 104 Å². The van der Waals surface area contributed by atoms with Gasteiger partial charge in [0.1, 0.15) is 22.5 Å². The number of para-hydroxylation sites is 1. The van der Waals surface area contributed by atoms with E-state index in [9.17, 15) is 10.1 Å². The molecule has 8 heteroatoms. The van der Waals surface area contributed by atoms with Gasteiger partial charge in [-0.2, -0.15) is 5.26 Å². The fourth-order valence-electron chi connectivity index (χ4n) is 3.68. The van der Waals surface area contributed by atoms with Crippen molar-refractivity contribution in [2.24, 2.45) is 16.6 Å². The molecule has 2 aliphatic rings. The summed E-state index contributed by atoms with van der Waals surface area (Å²) in [6, 6.07) is 18.5. The first-order valence-electron chi connectivity index (χ1n) is 10.6. The highest BCUT2D eigenvalue weighted by atomic mass is 32.2. The molecule has 3 N–H and O–H groups in total. The van der Waals surface area contributed by atoms with Gasteiger partial charge < -0.3 is 15.8 Å². The fourth-order valence-corrected chi connectivity index (χ4v) is 4.59. The first-order valence-corrected chi connectivity index (χ1v) is 11.5. The van der Waals surface area contributed by atoms with E-state index in [2.05, 4.69) is 30.2 Å². The van der Waals surface area contributed by atoms with Gasteiger partial charge in [0.2, 0.25) is 0 Å². The maximum absolute atomic E-state index is 13.4. The van der Waals surface area contributed by atoms with E-state index in [-0.39, 0.29) is 5.91 Å². The molecule has 2 aromatic carbocycles. The Labute approximate surface area is 197 Å². The van der Waals surface area contributed by atoms with Crippen molar-refractivity contribution in [2.45, 2.75) is 26.8 Å². The molecule has 1 amide bonds. The average molecular weight is 460 g/mol. The number of thioether (sulfide) groups is 1. The smallest absolute Gasteiger partial charge is 0.255 e. The second kappa shape index (κ2) is 9.43. The standard InChI is InChI=1S/C25H25N5O2S/c1-15(2)14-32-19-11-9-17(10-12-19)22-21(24(31)29-18-7-5-4-6-8-18)16(3)28-25-30(22)23(27)20(13-26)33-25/h4-12,15,22H,14,27H2,1-3H3,(H,29,31)/t22-/m1/s1. The van der Waals surface area contributed by atoms with Crippen molar-refractivity contribution in [1.29, 1.82) is 5.26 Å². The zero-order chi connectivity index (χ0) is 23.5. The van der Waals surface area contributed by atoms with Gasteiger partial charge in [0, 0.05) is 5.69 Å². The number of anilines is 1. The zero-order valence-corrected chi connectivity index (χ0v) is 19.5. The molecule has 0 saturated carbocycles. The number of aliphatic imine (C=N–C) groups is 1. The van der Waals surface area contributed by atoms with Crippen LogP contribution in [0.4, 0.5) is 5.69 Å². The van der Waals surface area contributed by atoms with Gasteiger partial charge in [-0.25, -0.2) is 4.99 Å². The SMILES string of the molecule is CC1=C(C(=O)Nc2ccccc2)[C@@H](c2ccc(OCC(C)C)cc2)N2C(=N1)SC(C#N)=C2N. The summed E-state index contributed by atoms with van der Waals surface area (Å²) in [4.78, 5) is 20.2. The molecule has 0 aromatic heterocycles. The lowest BCUT2D eigenvalue weighted by Gasteiger charge is -2.35. The van der Waals surface area contributed by atoms with Crippen molar-refractivity contribution >= 4 is 28.5 Å². The molecule has 1 atom stereocenters. The minimum Gasteiger partial charge on any atom is -0.493 e. The van der Waals surface area contributed by atoms with E-state index in [1.165, 1.54) is 11.8 Å². The number of nitrogens with zero attached hydrogens (tertiary/aromatic N) is 3. The van der Waals surface area contributed by atoms with Gasteiger partial charge >= 0.3 is 0 Å². The summed E-state index contributed by atoms with van der Waals surface area (Å²) in [7, 11) is 0. The van der Waals surface area contributed by atoms with Crippen LogP contribution in [0.1, 0.15) is 32.4 Å². The number of hydrogen-bond acceptors (Lipinski definition) is 7. The van der Waals surface area contributed by atoms with Crippen molar-refractivity contribution in [3.05, 3.63) is 82.2 Å². The Morgan fingerprint density at radius 3 is 2.58 bits per heavy atom. The number of hydrogen-bond donors (Lipinski definition) is 2. The van der Waals surface area contributed by atoms with Crippen LogP contribution < -0.4 is 15.8 Å². The van der Waals surface area contributed by atoms with Gasteiger partial charge in [-0.3, -0.25) is 9.69 Å². The van der Waals surface area contributed by atoms with E-state index in [1.807, 2.05) is 54.6 Å². The van der Waals surface area contributed by atoms with Gasteiger partial charge in [0.25, 0.3) is 5.91 Å². The highest BCUT2D eigenvalue weighted by Crippen LogP contribution is 2.45. The van der Waals surface area contributed by atoms with Crippen LogP contribution in [0.25, 0.3) is 0 Å². The molecule has 168 valence electrons. The van der Waals surface area contributed by atoms with E-state index in [4.69, 9.17) is 10.5 Å². The van der Waals surface area contributed by atoms with Gasteiger partial charge in [-0.05, 0) is 54.4 Å². The van der Waals surface area contributed by atoms with Crippen LogP contribution in [0, 0.1) is 17.2 Å². The zero-order valence-electron chi connectivity index (χ0n) is 18.7. The van der Waals surface area contributed by atoms with Crippen molar-refractivity contribution in [1.82, 2.24) is 4.90 Å². The van der Waals surface area contributed by atoms with Crippen LogP contribution >= 0.6 is 11.8 Å². The number of allylic oxidation sites excluding steroid dienone is 2. The largest absolute Gasteiger partial charge is 0.493 e. The lowest BCUT2D eigenvalue weighted by atomic mass is 9.93. The third-order valence-corrected chi connectivity index (χ3v) is 6.21. The Balaban J connectivity index is 1.74. The summed E-state index contributed by atoms with van der Waals surface area (Å²) in [5, 5.41) is 13.1. The molecule has 0 bridgehead atoms. The molecule has 2 aliphatic heterocycles. The quantitative estimate of drug-likeness (QED) is 0.646. The predicted molar refractivity (Wildman–Crippen MR) is 131 cm³/mol. The number of amides is 1. The number of amidine groups is 1. The van der Waals surface area contributed by atoms with Crippen molar-refractivity contribution in [2.75, 3.05) is 11.9 Å². The van der Waals surface area contributed by atoms with Crippen LogP contribution in [0.15, 0.2) is 81.6 Å². The number of nitrogens with two attached hydrogens (primary N) is 1. The van der Waals surface area contributed by atoms with E-state index in [0.717, 1.165) is 11.3 Å². The van der Waals surface area contributed by atoms with E-state index in [1.54, 1.807) is 11.8 Å². The highest BCUT2D eigenvalue weighted by molar-refractivity contribution is 8.17. The molecule has 7 nitrogen and oxygen atoms in total. The van der Waals surface area contributed by atoms with Crippen molar-refractivity contribution < 1.29 is 9.53 Å². The van der Waals surface area contributed by atoms with E-state index < -0.39 is 6.04 Å². The molecule has 0 saturated heterocycles. The molecular formula is C25H25N5O2S. The molecule has 0 unspecified atom stereocenters. The number of carbonyl (C=O) groups excluding carboxylic acids is 1. The number of benzene rings is 2. The summed E-state index contributed by atoms with van der Waals surface area (Å²) < 4.78 is 5.82. The fraction of sp³-hybridized carbons (Fsp3) is 0.240. The monoisotopic (exact) mass is 459 g/mol. The number of fused-ring (bicyclic) bond motifs is 1. The summed E-state index contributed by atoms with van der Waals surface area (Å²) >= 11 is 1.22. The molecule has 0 fully saturated rings. The Kier molecular flexibility index (Phi) is 6.43. The second-order valence-corrected chi connectivity index (χ2v) is 9.17. The van der Waals surface area contributed by atoms with Crippen molar-refractivity contribution in [3.63, 3.8) is 0 Å². The summed E-state index contributed by atoms with van der Waals surface area (Å²) in [6.45, 7) is 6.61. The number of carbonyl (C=O) groups is 1. The number of ether oxygens (including phenoxy) is 1. The summed E-state index contributed by atoms with van der Waals surface area (Å²) in [5.74, 6) is 1.19. The minimum atomic E-state index is -0.529. The Hall–Kier alpha value is -3.70. The first-order chi connectivity index (χ1) is 15.9. The van der Waals surface area contributed by atoms with E-state index in [0.29, 0.717) is 45.4 Å². The maximum Gasteiger partial charge on any atom is 0.255 e.